The van der Waals surface area contributed by atoms with E-state index in [1.165, 1.54) is 6.42 Å². The van der Waals surface area contributed by atoms with Crippen molar-refractivity contribution in [2.24, 2.45) is 11.3 Å². The Morgan fingerprint density at radius 2 is 2.00 bits per heavy atom. The van der Waals surface area contributed by atoms with Crippen LogP contribution in [-0.2, 0) is 6.42 Å². The van der Waals surface area contributed by atoms with Crippen LogP contribution in [0.3, 0.4) is 0 Å². The summed E-state index contributed by atoms with van der Waals surface area (Å²) in [6, 6.07) is 0. The molecule has 0 bridgehead atoms. The Morgan fingerprint density at radius 3 is 2.62 bits per heavy atom. The zero-order chi connectivity index (χ0) is 15.6. The van der Waals surface area contributed by atoms with Crippen LogP contribution >= 0.6 is 11.6 Å². The number of hydrogen-bond donors (Lipinski definition) is 0. The van der Waals surface area contributed by atoms with Crippen molar-refractivity contribution in [1.29, 1.82) is 0 Å². The first-order valence-electron chi connectivity index (χ1n) is 8.00. The summed E-state index contributed by atoms with van der Waals surface area (Å²) in [5.74, 6) is 2.14. The van der Waals surface area contributed by atoms with E-state index in [0.717, 1.165) is 37.1 Å². The second-order valence-electron chi connectivity index (χ2n) is 7.26. The molecule has 2 unspecified atom stereocenters. The fourth-order valence-electron chi connectivity index (χ4n) is 3.47. The zero-order valence-corrected chi connectivity index (χ0v) is 14.6. The minimum Gasteiger partial charge on any atom is -0.474 e. The topological polar surface area (TPSA) is 35.0 Å². The molecule has 21 heavy (non-hydrogen) atoms. The van der Waals surface area contributed by atoms with Gasteiger partial charge in [-0.3, -0.25) is 0 Å². The number of aryl methyl sites for hydroxylation is 1. The van der Waals surface area contributed by atoms with Crippen molar-refractivity contribution in [3.8, 4) is 5.88 Å². The smallest absolute Gasteiger partial charge is 0.221 e. The lowest BCUT2D eigenvalue weighted by atomic mass is 9.71. The van der Waals surface area contributed by atoms with Crippen LogP contribution in [0.15, 0.2) is 0 Å². The zero-order valence-electron chi connectivity index (χ0n) is 13.9. The van der Waals surface area contributed by atoms with Crippen molar-refractivity contribution in [1.82, 2.24) is 9.97 Å². The van der Waals surface area contributed by atoms with Crippen LogP contribution in [0.5, 0.6) is 5.88 Å². The third kappa shape index (κ3) is 4.32. The van der Waals surface area contributed by atoms with E-state index in [2.05, 4.69) is 37.7 Å². The molecule has 0 radical (unpaired) electrons. The summed E-state index contributed by atoms with van der Waals surface area (Å²) in [6.45, 7) is 11.0. The van der Waals surface area contributed by atoms with Gasteiger partial charge in [-0.2, -0.15) is 4.98 Å². The average Bonchev–Trinajstić information content (AvgIpc) is 2.33. The molecular weight excluding hydrogens is 284 g/mol. The monoisotopic (exact) mass is 310 g/mol. The van der Waals surface area contributed by atoms with E-state index < -0.39 is 0 Å². The van der Waals surface area contributed by atoms with Gasteiger partial charge < -0.3 is 4.74 Å². The van der Waals surface area contributed by atoms with E-state index in [-0.39, 0.29) is 6.10 Å². The van der Waals surface area contributed by atoms with E-state index in [4.69, 9.17) is 16.3 Å². The van der Waals surface area contributed by atoms with Crippen molar-refractivity contribution in [3.05, 3.63) is 16.5 Å². The molecule has 0 spiro atoms. The molecule has 0 N–H and O–H groups in total. The molecule has 2 rings (SSSR count). The number of ether oxygens (including phenoxy) is 1. The largest absolute Gasteiger partial charge is 0.474 e. The fraction of sp³-hybridized carbons (Fsp3) is 0.765. The molecule has 0 amide bonds. The lowest BCUT2D eigenvalue weighted by Gasteiger charge is -2.38. The van der Waals surface area contributed by atoms with Crippen molar-refractivity contribution in [3.63, 3.8) is 0 Å². The van der Waals surface area contributed by atoms with Crippen LogP contribution in [0.4, 0.5) is 0 Å². The van der Waals surface area contributed by atoms with Gasteiger partial charge in [0.25, 0.3) is 0 Å². The fourth-order valence-corrected chi connectivity index (χ4v) is 3.65. The van der Waals surface area contributed by atoms with Gasteiger partial charge in [0.2, 0.25) is 5.88 Å². The SMILES string of the molecule is CCCc1nc(Cl)c(C)c(OC2CC(C)CC(C)(C)C2)n1. The quantitative estimate of drug-likeness (QED) is 0.735. The molecule has 3 nitrogen and oxygen atoms in total. The van der Waals surface area contributed by atoms with E-state index in [9.17, 15) is 0 Å². The Bertz CT molecular complexity index is 502. The average molecular weight is 311 g/mol. The molecule has 118 valence electrons. The van der Waals surface area contributed by atoms with Crippen molar-refractivity contribution >= 4 is 11.6 Å². The van der Waals surface area contributed by atoms with E-state index >= 15 is 0 Å². The Hall–Kier alpha value is -0.830. The molecule has 0 saturated heterocycles. The van der Waals surface area contributed by atoms with Crippen molar-refractivity contribution < 1.29 is 4.74 Å². The van der Waals surface area contributed by atoms with Crippen LogP contribution in [0.2, 0.25) is 5.15 Å². The molecule has 1 heterocycles. The Morgan fingerprint density at radius 1 is 1.29 bits per heavy atom. The number of halogens is 1. The third-order valence-corrected chi connectivity index (χ3v) is 4.55. The summed E-state index contributed by atoms with van der Waals surface area (Å²) in [5, 5.41) is 0.520. The molecule has 1 saturated carbocycles. The highest BCUT2D eigenvalue weighted by Crippen LogP contribution is 2.40. The molecule has 1 aromatic heterocycles. The lowest BCUT2D eigenvalue weighted by Crippen LogP contribution is -2.34. The van der Waals surface area contributed by atoms with Crippen LogP contribution in [-0.4, -0.2) is 16.1 Å². The normalized spacial score (nSPS) is 24.9. The molecule has 0 aromatic carbocycles. The van der Waals surface area contributed by atoms with Gasteiger partial charge in [-0.25, -0.2) is 4.98 Å². The molecule has 4 heteroatoms. The van der Waals surface area contributed by atoms with Gasteiger partial charge in [-0.05, 0) is 43.9 Å². The predicted molar refractivity (Wildman–Crippen MR) is 87.0 cm³/mol. The molecule has 2 atom stereocenters. The maximum atomic E-state index is 6.23. The maximum absolute atomic E-state index is 6.23. The van der Waals surface area contributed by atoms with Crippen LogP contribution in [0.1, 0.15) is 64.8 Å². The van der Waals surface area contributed by atoms with Gasteiger partial charge in [-0.15, -0.1) is 0 Å². The van der Waals surface area contributed by atoms with Crippen LogP contribution in [0, 0.1) is 18.3 Å². The highest BCUT2D eigenvalue weighted by Gasteiger charge is 2.33. The second kappa shape index (κ2) is 6.51. The summed E-state index contributed by atoms with van der Waals surface area (Å²) < 4.78 is 6.22. The molecule has 0 aliphatic heterocycles. The standard InChI is InChI=1S/C17H27ClN2O/c1-6-7-14-19-15(18)12(3)16(20-14)21-13-8-11(2)9-17(4,5)10-13/h11,13H,6-10H2,1-5H3. The van der Waals surface area contributed by atoms with Crippen LogP contribution < -0.4 is 4.74 Å². The molecule has 1 aromatic rings. The molecule has 1 aliphatic rings. The van der Waals surface area contributed by atoms with E-state index in [1.54, 1.807) is 0 Å². The highest BCUT2D eigenvalue weighted by molar-refractivity contribution is 6.30. The van der Waals surface area contributed by atoms with Crippen LogP contribution in [0.25, 0.3) is 0 Å². The summed E-state index contributed by atoms with van der Waals surface area (Å²) >= 11 is 6.23. The summed E-state index contributed by atoms with van der Waals surface area (Å²) in [6.07, 6.45) is 5.49. The van der Waals surface area contributed by atoms with Crippen molar-refractivity contribution in [2.45, 2.75) is 72.8 Å². The van der Waals surface area contributed by atoms with Gasteiger partial charge in [0.1, 0.15) is 17.1 Å². The number of nitrogens with zero attached hydrogens (tertiary/aromatic N) is 2. The Balaban J connectivity index is 2.18. The Kier molecular flexibility index (Phi) is 5.13. The maximum Gasteiger partial charge on any atom is 0.221 e. The number of hydrogen-bond acceptors (Lipinski definition) is 3. The first-order chi connectivity index (χ1) is 9.80. The van der Waals surface area contributed by atoms with Gasteiger partial charge >= 0.3 is 0 Å². The van der Waals surface area contributed by atoms with Gasteiger partial charge in [0.05, 0.1) is 0 Å². The molecule has 1 fully saturated rings. The lowest BCUT2D eigenvalue weighted by molar-refractivity contribution is 0.0525. The number of rotatable bonds is 4. The van der Waals surface area contributed by atoms with Gasteiger partial charge in [0, 0.05) is 12.0 Å². The molecular formula is C17H27ClN2O. The second-order valence-corrected chi connectivity index (χ2v) is 7.62. The van der Waals surface area contributed by atoms with Crippen molar-refractivity contribution in [2.75, 3.05) is 0 Å². The third-order valence-electron chi connectivity index (χ3n) is 4.19. The minimum atomic E-state index is 0.225. The van der Waals surface area contributed by atoms with E-state index in [1.807, 2.05) is 6.92 Å². The van der Waals surface area contributed by atoms with Gasteiger partial charge in [-0.1, -0.05) is 39.3 Å². The first kappa shape index (κ1) is 16.5. The van der Waals surface area contributed by atoms with E-state index in [0.29, 0.717) is 22.4 Å². The minimum absolute atomic E-state index is 0.225. The predicted octanol–water partition coefficient (Wildman–Crippen LogP) is 4.98. The van der Waals surface area contributed by atoms with Gasteiger partial charge in [0.15, 0.2) is 0 Å². The first-order valence-corrected chi connectivity index (χ1v) is 8.38. The Labute approximate surface area is 133 Å². The number of aromatic nitrogens is 2. The summed E-state index contributed by atoms with van der Waals surface area (Å²) in [7, 11) is 0. The summed E-state index contributed by atoms with van der Waals surface area (Å²) in [4.78, 5) is 8.91. The summed E-state index contributed by atoms with van der Waals surface area (Å²) in [5.41, 5.74) is 1.19. The molecule has 1 aliphatic carbocycles. The highest BCUT2D eigenvalue weighted by atomic mass is 35.5.